The smallest absolute Gasteiger partial charge is 0.241 e. The van der Waals surface area contributed by atoms with Gasteiger partial charge in [0.15, 0.2) is 0 Å². The zero-order chi connectivity index (χ0) is 15.7. The molecule has 112 valence electrons. The minimum Gasteiger partial charge on any atom is -0.241 e. The molecule has 0 spiro atoms. The second-order valence-electron chi connectivity index (χ2n) is 5.00. The molecule has 1 heterocycles. The fourth-order valence-corrected chi connectivity index (χ4v) is 3.78. The molecule has 0 saturated carbocycles. The van der Waals surface area contributed by atoms with Gasteiger partial charge in [-0.2, -0.15) is 0 Å². The van der Waals surface area contributed by atoms with Gasteiger partial charge in [-0.3, -0.25) is 0 Å². The molecule has 2 aromatic carbocycles. The Labute approximate surface area is 128 Å². The number of rotatable bonds is 3. The van der Waals surface area contributed by atoms with Crippen molar-refractivity contribution in [2.75, 3.05) is 0 Å². The van der Waals surface area contributed by atoms with Crippen molar-refractivity contribution < 1.29 is 12.8 Å². The van der Waals surface area contributed by atoms with Crippen molar-refractivity contribution in [2.45, 2.75) is 11.8 Å². The molecule has 0 radical (unpaired) electrons. The van der Waals surface area contributed by atoms with Gasteiger partial charge in [-0.25, -0.2) is 16.8 Å². The molecule has 0 aliphatic carbocycles. The van der Waals surface area contributed by atoms with Crippen LogP contribution in [0.15, 0.2) is 71.8 Å². The predicted octanol–water partition coefficient (Wildman–Crippen LogP) is 3.84. The third-order valence-electron chi connectivity index (χ3n) is 3.37. The van der Waals surface area contributed by atoms with Crippen LogP contribution in [0.5, 0.6) is 0 Å². The molecule has 3 aromatic rings. The number of nitrogens with zero attached hydrogens (tertiary/aromatic N) is 1. The lowest BCUT2D eigenvalue weighted by Crippen LogP contribution is -2.13. The Kier molecular flexibility index (Phi) is 3.58. The normalized spacial score (nSPS) is 11.5. The Morgan fingerprint density at radius 1 is 0.955 bits per heavy atom. The highest BCUT2D eigenvalue weighted by Gasteiger charge is 2.22. The molecule has 0 bridgehead atoms. The van der Waals surface area contributed by atoms with Crippen LogP contribution < -0.4 is 0 Å². The summed E-state index contributed by atoms with van der Waals surface area (Å²) in [7, 11) is -3.76. The topological polar surface area (TPSA) is 39.1 Å². The van der Waals surface area contributed by atoms with E-state index in [2.05, 4.69) is 0 Å². The molecule has 0 atom stereocenters. The van der Waals surface area contributed by atoms with Crippen LogP contribution in [-0.2, 0) is 10.0 Å². The van der Waals surface area contributed by atoms with Crippen LogP contribution in [0.4, 0.5) is 4.39 Å². The maximum atomic E-state index is 14.0. The van der Waals surface area contributed by atoms with E-state index in [4.69, 9.17) is 0 Å². The lowest BCUT2D eigenvalue weighted by atomic mass is 10.1. The summed E-state index contributed by atoms with van der Waals surface area (Å²) in [6.07, 6.45) is 1.50. The molecule has 5 heteroatoms. The minimum atomic E-state index is -3.76. The number of halogens is 1. The summed E-state index contributed by atoms with van der Waals surface area (Å²) in [5, 5.41) is 0. The Morgan fingerprint density at radius 3 is 2.27 bits per heavy atom. The first kappa shape index (κ1) is 14.5. The summed E-state index contributed by atoms with van der Waals surface area (Å²) >= 11 is 0. The first-order valence-corrected chi connectivity index (χ1v) is 8.18. The van der Waals surface area contributed by atoms with Crippen molar-refractivity contribution in [3.05, 3.63) is 78.2 Å². The number of aryl methyl sites for hydroxylation is 1. The van der Waals surface area contributed by atoms with E-state index in [0.717, 1.165) is 9.54 Å². The largest absolute Gasteiger partial charge is 0.268 e. The average Bonchev–Trinajstić information content (AvgIpc) is 2.91. The average molecular weight is 315 g/mol. The molecule has 0 unspecified atom stereocenters. The molecule has 0 N–H and O–H groups in total. The lowest BCUT2D eigenvalue weighted by molar-refractivity contribution is 0.587. The molecule has 0 aliphatic rings. The highest BCUT2D eigenvalue weighted by Crippen LogP contribution is 2.28. The van der Waals surface area contributed by atoms with Crippen molar-refractivity contribution >= 4 is 10.0 Å². The Bertz CT molecular complexity index is 915. The fraction of sp³-hybridized carbons (Fsp3) is 0.0588. The molecule has 0 aliphatic heterocycles. The van der Waals surface area contributed by atoms with E-state index < -0.39 is 15.8 Å². The minimum absolute atomic E-state index is 0.170. The Morgan fingerprint density at radius 2 is 1.59 bits per heavy atom. The van der Waals surface area contributed by atoms with Gasteiger partial charge in [-0.15, -0.1) is 0 Å². The van der Waals surface area contributed by atoms with E-state index in [0.29, 0.717) is 5.69 Å². The Balaban J connectivity index is 2.24. The lowest BCUT2D eigenvalue weighted by Gasteiger charge is -2.11. The van der Waals surface area contributed by atoms with Crippen molar-refractivity contribution in [1.82, 2.24) is 3.97 Å². The van der Waals surface area contributed by atoms with Crippen LogP contribution in [-0.4, -0.2) is 12.4 Å². The third kappa shape index (κ3) is 2.44. The summed E-state index contributed by atoms with van der Waals surface area (Å²) in [4.78, 5) is 0.170. The third-order valence-corrected chi connectivity index (χ3v) is 5.06. The molecule has 1 aromatic heterocycles. The molecule has 22 heavy (non-hydrogen) atoms. The Hall–Kier alpha value is -2.40. The van der Waals surface area contributed by atoms with Gasteiger partial charge in [0.25, 0.3) is 10.0 Å². The van der Waals surface area contributed by atoms with Gasteiger partial charge < -0.3 is 0 Å². The second-order valence-corrected chi connectivity index (χ2v) is 6.81. The van der Waals surface area contributed by atoms with Crippen molar-refractivity contribution in [2.24, 2.45) is 0 Å². The summed E-state index contributed by atoms with van der Waals surface area (Å²) in [6, 6.07) is 15.9. The van der Waals surface area contributed by atoms with E-state index in [-0.39, 0.29) is 10.5 Å². The second kappa shape index (κ2) is 5.42. The highest BCUT2D eigenvalue weighted by atomic mass is 32.2. The fourth-order valence-electron chi connectivity index (χ4n) is 2.34. The monoisotopic (exact) mass is 315 g/mol. The molecular weight excluding hydrogens is 301 g/mol. The molecule has 3 nitrogen and oxygen atoms in total. The van der Waals surface area contributed by atoms with Gasteiger partial charge >= 0.3 is 0 Å². The van der Waals surface area contributed by atoms with E-state index in [1.54, 1.807) is 49.4 Å². The zero-order valence-electron chi connectivity index (χ0n) is 11.9. The van der Waals surface area contributed by atoms with E-state index >= 15 is 0 Å². The van der Waals surface area contributed by atoms with Gasteiger partial charge in [0.05, 0.1) is 10.6 Å². The van der Waals surface area contributed by atoms with Gasteiger partial charge in [-0.1, -0.05) is 30.3 Å². The van der Waals surface area contributed by atoms with Gasteiger partial charge in [0.1, 0.15) is 5.82 Å². The molecule has 0 fully saturated rings. The number of hydrogen-bond acceptors (Lipinski definition) is 2. The van der Waals surface area contributed by atoms with Crippen molar-refractivity contribution in [3.8, 4) is 11.3 Å². The van der Waals surface area contributed by atoms with Gasteiger partial charge in [0, 0.05) is 11.8 Å². The number of benzene rings is 2. The SMILES string of the molecule is Cc1cc(-c2ccccc2F)n(S(=O)(=O)c2ccccc2)c1. The van der Waals surface area contributed by atoms with Crippen LogP contribution >= 0.6 is 0 Å². The predicted molar refractivity (Wildman–Crippen MR) is 83.6 cm³/mol. The number of aromatic nitrogens is 1. The van der Waals surface area contributed by atoms with Crippen LogP contribution in [0, 0.1) is 12.7 Å². The molecule has 3 rings (SSSR count). The highest BCUT2D eigenvalue weighted by molar-refractivity contribution is 7.90. The van der Waals surface area contributed by atoms with E-state index in [9.17, 15) is 12.8 Å². The molecule has 0 amide bonds. The van der Waals surface area contributed by atoms with E-state index in [1.807, 2.05) is 0 Å². The summed E-state index contributed by atoms with van der Waals surface area (Å²) in [5.41, 5.74) is 1.33. The number of hydrogen-bond donors (Lipinski definition) is 0. The summed E-state index contributed by atoms with van der Waals surface area (Å²) < 4.78 is 40.8. The summed E-state index contributed by atoms with van der Waals surface area (Å²) in [6.45, 7) is 1.78. The van der Waals surface area contributed by atoms with Crippen LogP contribution in [0.2, 0.25) is 0 Å². The van der Waals surface area contributed by atoms with Crippen molar-refractivity contribution in [1.29, 1.82) is 0 Å². The van der Waals surface area contributed by atoms with Gasteiger partial charge in [0.2, 0.25) is 0 Å². The maximum Gasteiger partial charge on any atom is 0.268 e. The first-order chi connectivity index (χ1) is 10.5. The van der Waals surface area contributed by atoms with Gasteiger partial charge in [-0.05, 0) is 42.8 Å². The van der Waals surface area contributed by atoms with Crippen LogP contribution in [0.1, 0.15) is 5.56 Å². The molecular formula is C17H14FNO2S. The van der Waals surface area contributed by atoms with E-state index in [1.165, 1.54) is 24.4 Å². The standard InChI is InChI=1S/C17H14FNO2S/c1-13-11-17(15-9-5-6-10-16(15)18)19(12-13)22(20,21)14-7-3-2-4-8-14/h2-12H,1H3. The zero-order valence-corrected chi connectivity index (χ0v) is 12.7. The maximum absolute atomic E-state index is 14.0. The van der Waals surface area contributed by atoms with Crippen LogP contribution in [0.3, 0.4) is 0 Å². The first-order valence-electron chi connectivity index (χ1n) is 6.74. The van der Waals surface area contributed by atoms with Crippen molar-refractivity contribution in [3.63, 3.8) is 0 Å². The molecule has 0 saturated heterocycles. The van der Waals surface area contributed by atoms with Crippen LogP contribution in [0.25, 0.3) is 11.3 Å². The summed E-state index contributed by atoms with van der Waals surface area (Å²) in [5.74, 6) is -0.454. The quantitative estimate of drug-likeness (QED) is 0.736.